The van der Waals surface area contributed by atoms with Crippen LogP contribution >= 0.6 is 0 Å². The molecule has 0 saturated carbocycles. The smallest absolute Gasteiger partial charge is 0.325 e. The molecule has 1 aromatic rings. The predicted molar refractivity (Wildman–Crippen MR) is 69.9 cm³/mol. The number of H-pyrrole nitrogens is 1. The Morgan fingerprint density at radius 3 is 2.63 bits per heavy atom. The molecule has 1 N–H and O–H groups in total. The molecule has 0 aliphatic heterocycles. The highest BCUT2D eigenvalue weighted by atomic mass is 16.5. The van der Waals surface area contributed by atoms with E-state index in [2.05, 4.69) is 4.98 Å². The first-order valence-electron chi connectivity index (χ1n) is 6.11. The van der Waals surface area contributed by atoms with E-state index in [1.807, 2.05) is 0 Å². The molecule has 0 atom stereocenters. The van der Waals surface area contributed by atoms with E-state index in [-0.39, 0.29) is 36.2 Å². The van der Waals surface area contributed by atoms with Crippen molar-refractivity contribution in [1.29, 1.82) is 0 Å². The highest BCUT2D eigenvalue weighted by Gasteiger charge is 2.22. The maximum absolute atomic E-state index is 12.2. The van der Waals surface area contributed by atoms with Gasteiger partial charge in [-0.3, -0.25) is 14.4 Å². The number of aromatic nitrogens is 1. The number of hydrogen-bond acceptors (Lipinski definition) is 4. The first-order chi connectivity index (χ1) is 8.95. The van der Waals surface area contributed by atoms with Gasteiger partial charge in [-0.25, -0.2) is 0 Å². The van der Waals surface area contributed by atoms with Gasteiger partial charge in [0, 0.05) is 23.9 Å². The summed E-state index contributed by atoms with van der Waals surface area (Å²) in [7, 11) is 0. The van der Waals surface area contributed by atoms with E-state index in [1.54, 1.807) is 20.8 Å². The lowest BCUT2D eigenvalue weighted by molar-refractivity contribution is -0.144. The lowest BCUT2D eigenvalue weighted by Gasteiger charge is -2.25. The Hall–Kier alpha value is -2.11. The fourth-order valence-electron chi connectivity index (χ4n) is 1.58. The zero-order valence-corrected chi connectivity index (χ0v) is 11.3. The summed E-state index contributed by atoms with van der Waals surface area (Å²) in [5.41, 5.74) is -0.104. The molecule has 1 aromatic heterocycles. The van der Waals surface area contributed by atoms with Crippen LogP contribution in [0.2, 0.25) is 0 Å². The number of esters is 1. The van der Waals surface area contributed by atoms with Crippen molar-refractivity contribution in [2.75, 3.05) is 13.2 Å². The van der Waals surface area contributed by atoms with Crippen molar-refractivity contribution in [3.63, 3.8) is 0 Å². The van der Waals surface area contributed by atoms with Gasteiger partial charge in [0.2, 0.25) is 5.56 Å². The van der Waals surface area contributed by atoms with Crippen LogP contribution in [0.5, 0.6) is 0 Å². The second kappa shape index (κ2) is 6.72. The van der Waals surface area contributed by atoms with Crippen LogP contribution in [0.25, 0.3) is 0 Å². The Balaban J connectivity index is 2.90. The topological polar surface area (TPSA) is 79.5 Å². The van der Waals surface area contributed by atoms with E-state index in [4.69, 9.17) is 4.74 Å². The zero-order chi connectivity index (χ0) is 14.4. The molecule has 0 spiro atoms. The van der Waals surface area contributed by atoms with Gasteiger partial charge in [0.1, 0.15) is 6.54 Å². The average molecular weight is 266 g/mol. The molecule has 0 radical (unpaired) electrons. The number of carbonyl (C=O) groups is 2. The molecule has 0 fully saturated rings. The molecule has 0 unspecified atom stereocenters. The summed E-state index contributed by atoms with van der Waals surface area (Å²) < 4.78 is 4.83. The van der Waals surface area contributed by atoms with Gasteiger partial charge in [0.25, 0.3) is 5.91 Å². The lowest BCUT2D eigenvalue weighted by atomic mass is 10.2. The minimum atomic E-state index is -0.464. The van der Waals surface area contributed by atoms with E-state index in [0.717, 1.165) is 0 Å². The predicted octanol–water partition coefficient (Wildman–Crippen LogP) is 0.789. The van der Waals surface area contributed by atoms with Crippen molar-refractivity contribution < 1.29 is 14.3 Å². The minimum absolute atomic E-state index is 0.128. The van der Waals surface area contributed by atoms with Gasteiger partial charge in [0.05, 0.1) is 6.61 Å². The molecular weight excluding hydrogens is 248 g/mol. The van der Waals surface area contributed by atoms with Crippen molar-refractivity contribution in [2.24, 2.45) is 0 Å². The van der Waals surface area contributed by atoms with Gasteiger partial charge in [0.15, 0.2) is 0 Å². The van der Waals surface area contributed by atoms with E-state index in [1.165, 1.54) is 23.2 Å². The number of amides is 1. The summed E-state index contributed by atoms with van der Waals surface area (Å²) in [5.74, 6) is -0.830. The number of ether oxygens (including phenoxy) is 1. The van der Waals surface area contributed by atoms with Crippen molar-refractivity contribution in [1.82, 2.24) is 9.88 Å². The number of hydrogen-bond donors (Lipinski definition) is 1. The number of aromatic amines is 1. The number of nitrogens with one attached hydrogen (secondary N) is 1. The van der Waals surface area contributed by atoms with Crippen LogP contribution in [0.1, 0.15) is 31.1 Å². The average Bonchev–Trinajstić information content (AvgIpc) is 2.35. The van der Waals surface area contributed by atoms with Crippen LogP contribution in [0.15, 0.2) is 23.1 Å². The number of rotatable bonds is 5. The maximum atomic E-state index is 12.2. The van der Waals surface area contributed by atoms with Gasteiger partial charge in [-0.05, 0) is 26.8 Å². The van der Waals surface area contributed by atoms with Crippen LogP contribution in [-0.4, -0.2) is 41.0 Å². The van der Waals surface area contributed by atoms with Gasteiger partial charge in [-0.15, -0.1) is 0 Å². The lowest BCUT2D eigenvalue weighted by Crippen LogP contribution is -2.41. The van der Waals surface area contributed by atoms with Crippen LogP contribution in [0.3, 0.4) is 0 Å². The summed E-state index contributed by atoms with van der Waals surface area (Å²) in [4.78, 5) is 38.7. The highest BCUT2D eigenvalue weighted by molar-refractivity contribution is 5.96. The first-order valence-corrected chi connectivity index (χ1v) is 6.11. The van der Waals surface area contributed by atoms with Gasteiger partial charge >= 0.3 is 5.97 Å². The molecular formula is C13H18N2O4. The molecule has 104 valence electrons. The summed E-state index contributed by atoms with van der Waals surface area (Å²) >= 11 is 0. The van der Waals surface area contributed by atoms with Crippen molar-refractivity contribution in [2.45, 2.75) is 26.8 Å². The van der Waals surface area contributed by atoms with E-state index >= 15 is 0 Å². The van der Waals surface area contributed by atoms with Crippen molar-refractivity contribution in [3.8, 4) is 0 Å². The van der Waals surface area contributed by atoms with Crippen LogP contribution < -0.4 is 5.56 Å². The fourth-order valence-corrected chi connectivity index (χ4v) is 1.58. The van der Waals surface area contributed by atoms with Crippen LogP contribution in [0.4, 0.5) is 0 Å². The summed E-state index contributed by atoms with van der Waals surface area (Å²) in [6.45, 7) is 5.44. The summed E-state index contributed by atoms with van der Waals surface area (Å²) in [6, 6.07) is 2.55. The van der Waals surface area contributed by atoms with Crippen molar-refractivity contribution in [3.05, 3.63) is 34.2 Å². The Labute approximate surface area is 111 Å². The first kappa shape index (κ1) is 14.9. The van der Waals surface area contributed by atoms with E-state index in [9.17, 15) is 14.4 Å². The zero-order valence-electron chi connectivity index (χ0n) is 11.3. The molecule has 6 heteroatoms. The van der Waals surface area contributed by atoms with E-state index in [0.29, 0.717) is 0 Å². The normalized spacial score (nSPS) is 10.3. The Bertz CT molecular complexity index is 507. The fraction of sp³-hybridized carbons (Fsp3) is 0.462. The number of pyridine rings is 1. The molecule has 19 heavy (non-hydrogen) atoms. The minimum Gasteiger partial charge on any atom is -0.465 e. The van der Waals surface area contributed by atoms with E-state index < -0.39 is 5.97 Å². The molecule has 0 aliphatic rings. The molecule has 1 amide bonds. The van der Waals surface area contributed by atoms with Crippen LogP contribution in [0, 0.1) is 0 Å². The molecule has 1 heterocycles. The third-order valence-corrected chi connectivity index (χ3v) is 2.51. The quantitative estimate of drug-likeness (QED) is 0.799. The van der Waals surface area contributed by atoms with Gasteiger partial charge < -0.3 is 14.6 Å². The molecule has 0 bridgehead atoms. The largest absolute Gasteiger partial charge is 0.465 e. The second-order valence-corrected chi connectivity index (χ2v) is 4.27. The molecule has 0 aromatic carbocycles. The van der Waals surface area contributed by atoms with Crippen LogP contribution in [-0.2, 0) is 9.53 Å². The molecule has 0 saturated heterocycles. The molecule has 0 aliphatic carbocycles. The van der Waals surface area contributed by atoms with Crippen molar-refractivity contribution >= 4 is 11.9 Å². The maximum Gasteiger partial charge on any atom is 0.325 e. The third kappa shape index (κ3) is 4.24. The monoisotopic (exact) mass is 266 g/mol. The Kier molecular flexibility index (Phi) is 5.29. The standard InChI is InChI=1S/C13H18N2O4/c1-4-19-12(17)8-15(9(2)3)13(18)10-5-6-14-11(16)7-10/h5-7,9H,4,8H2,1-3H3,(H,14,16). The number of carbonyl (C=O) groups excluding carboxylic acids is 2. The SMILES string of the molecule is CCOC(=O)CN(C(=O)c1cc[nH]c(=O)c1)C(C)C. The summed E-state index contributed by atoms with van der Waals surface area (Å²) in [5, 5.41) is 0. The molecule has 6 nitrogen and oxygen atoms in total. The third-order valence-electron chi connectivity index (χ3n) is 2.51. The highest BCUT2D eigenvalue weighted by Crippen LogP contribution is 2.06. The van der Waals surface area contributed by atoms with Gasteiger partial charge in [-0.1, -0.05) is 0 Å². The Morgan fingerprint density at radius 2 is 2.11 bits per heavy atom. The van der Waals surface area contributed by atoms with Gasteiger partial charge in [-0.2, -0.15) is 0 Å². The number of nitrogens with zero attached hydrogens (tertiary/aromatic N) is 1. The summed E-state index contributed by atoms with van der Waals surface area (Å²) in [6.07, 6.45) is 1.40. The second-order valence-electron chi connectivity index (χ2n) is 4.27. The Morgan fingerprint density at radius 1 is 1.42 bits per heavy atom. The molecule has 1 rings (SSSR count).